The average Bonchev–Trinajstić information content (AvgIpc) is 3.72. The molecular weight excluding hydrogens is 616 g/mol. The number of tetrazole rings is 1. The van der Waals surface area contributed by atoms with Gasteiger partial charge in [-0.3, -0.25) is 14.6 Å². The number of ether oxygens (including phenoxy) is 1. The molecule has 2 aliphatic rings. The molecule has 14 nitrogen and oxygen atoms in total. The molecule has 0 aliphatic carbocycles. The topological polar surface area (TPSA) is 182 Å². The first-order valence-corrected chi connectivity index (χ1v) is 16.2. The van der Waals surface area contributed by atoms with E-state index < -0.39 is 53.1 Å². The second-order valence-corrected chi connectivity index (χ2v) is 13.2. The fourth-order valence-corrected chi connectivity index (χ4v) is 5.95. The van der Waals surface area contributed by atoms with Gasteiger partial charge < -0.3 is 25.4 Å². The van der Waals surface area contributed by atoms with Crippen molar-refractivity contribution < 1.29 is 29.0 Å². The van der Waals surface area contributed by atoms with Crippen LogP contribution < -0.4 is 10.6 Å². The van der Waals surface area contributed by atoms with Crippen LogP contribution >= 0.6 is 0 Å². The molecule has 14 heteroatoms. The maximum Gasteiger partial charge on any atom is 0.408 e. The van der Waals surface area contributed by atoms with Crippen molar-refractivity contribution in [3.63, 3.8) is 0 Å². The molecule has 1 saturated heterocycles. The molecule has 2 aromatic heterocycles. The number of aromatic nitrogens is 5. The Morgan fingerprint density at radius 3 is 2.56 bits per heavy atom. The van der Waals surface area contributed by atoms with Gasteiger partial charge in [-0.2, -0.15) is 4.80 Å². The minimum absolute atomic E-state index is 0.0313. The average molecular weight is 659 g/mol. The highest BCUT2D eigenvalue weighted by Crippen LogP contribution is 2.30. The molecule has 1 aromatic carbocycles. The van der Waals surface area contributed by atoms with Crippen LogP contribution in [0.5, 0.6) is 0 Å². The van der Waals surface area contributed by atoms with Gasteiger partial charge in [-0.25, -0.2) is 9.59 Å². The quantitative estimate of drug-likeness (QED) is 0.329. The van der Waals surface area contributed by atoms with Gasteiger partial charge in [0, 0.05) is 36.5 Å². The summed E-state index contributed by atoms with van der Waals surface area (Å²) in [7, 11) is 0. The second-order valence-electron chi connectivity index (χ2n) is 13.2. The van der Waals surface area contributed by atoms with Gasteiger partial charge in [0.25, 0.3) is 0 Å². The lowest BCUT2D eigenvalue weighted by atomic mass is 9.94. The van der Waals surface area contributed by atoms with Crippen LogP contribution in [-0.4, -0.2) is 88.8 Å². The lowest BCUT2D eigenvalue weighted by molar-refractivity contribution is -0.147. The number of nitrogens with one attached hydrogen (secondary N) is 2. The Morgan fingerprint density at radius 1 is 1.10 bits per heavy atom. The van der Waals surface area contributed by atoms with Crippen LogP contribution in [0, 0.1) is 0 Å². The third-order valence-electron chi connectivity index (χ3n) is 8.51. The molecule has 4 heterocycles. The van der Waals surface area contributed by atoms with Crippen molar-refractivity contribution in [1.82, 2.24) is 40.7 Å². The number of rotatable bonds is 6. The highest BCUT2D eigenvalue weighted by Gasteiger charge is 2.46. The van der Waals surface area contributed by atoms with Gasteiger partial charge in [-0.1, -0.05) is 55.8 Å². The zero-order valence-corrected chi connectivity index (χ0v) is 27.6. The predicted octanol–water partition coefficient (Wildman–Crippen LogP) is 3.92. The zero-order valence-electron chi connectivity index (χ0n) is 27.6. The maximum absolute atomic E-state index is 14.2. The Balaban J connectivity index is 1.45. The molecule has 0 unspecified atom stereocenters. The molecule has 3 N–H and O–H groups in total. The Kier molecular flexibility index (Phi) is 10.2. The molecule has 48 heavy (non-hydrogen) atoms. The van der Waals surface area contributed by atoms with Gasteiger partial charge in [0.2, 0.25) is 17.6 Å². The maximum atomic E-state index is 14.2. The number of amides is 3. The summed E-state index contributed by atoms with van der Waals surface area (Å²) < 4.78 is 5.44. The van der Waals surface area contributed by atoms with E-state index in [0.717, 1.165) is 11.1 Å². The van der Waals surface area contributed by atoms with Gasteiger partial charge in [0.05, 0.1) is 6.04 Å². The van der Waals surface area contributed by atoms with Crippen LogP contribution in [-0.2, 0) is 19.1 Å². The van der Waals surface area contributed by atoms with Crippen LogP contribution in [0.2, 0.25) is 0 Å². The van der Waals surface area contributed by atoms with Crippen LogP contribution in [0.15, 0.2) is 60.9 Å². The van der Waals surface area contributed by atoms with Gasteiger partial charge >= 0.3 is 12.1 Å². The predicted molar refractivity (Wildman–Crippen MR) is 175 cm³/mol. The van der Waals surface area contributed by atoms with Gasteiger partial charge in [0.15, 0.2) is 5.54 Å². The number of benzene rings is 1. The van der Waals surface area contributed by atoms with Crippen LogP contribution in [0.25, 0.3) is 22.5 Å². The van der Waals surface area contributed by atoms with Crippen LogP contribution in [0.1, 0.15) is 72.3 Å². The normalized spacial score (nSPS) is 24.3. The first-order valence-electron chi connectivity index (χ1n) is 16.2. The number of hydrogen-bond acceptors (Lipinski definition) is 9. The first-order chi connectivity index (χ1) is 22.9. The molecule has 0 bridgehead atoms. The molecule has 5 rings (SSSR count). The molecule has 0 radical (unpaired) electrons. The molecular formula is C34H42N8O6. The van der Waals surface area contributed by atoms with E-state index in [2.05, 4.69) is 31.0 Å². The minimum atomic E-state index is -1.65. The molecule has 0 saturated carbocycles. The summed E-state index contributed by atoms with van der Waals surface area (Å²) >= 11 is 0. The second kappa shape index (κ2) is 14.3. The van der Waals surface area contributed by atoms with E-state index >= 15 is 0 Å². The summed E-state index contributed by atoms with van der Waals surface area (Å²) in [5.41, 5.74) is 0.0607. The number of carboxylic acid groups (broad SMARTS) is 1. The van der Waals surface area contributed by atoms with Crippen LogP contribution in [0.4, 0.5) is 4.79 Å². The van der Waals surface area contributed by atoms with Crippen molar-refractivity contribution in [1.29, 1.82) is 0 Å². The van der Waals surface area contributed by atoms with Crippen molar-refractivity contribution in [3.05, 3.63) is 60.9 Å². The molecule has 4 atom stereocenters. The molecule has 1 fully saturated rings. The molecule has 3 amide bonds. The number of carbonyl (C=O) groups is 4. The summed E-state index contributed by atoms with van der Waals surface area (Å²) in [5, 5.41) is 28.7. The number of hydrogen-bond donors (Lipinski definition) is 3. The van der Waals surface area contributed by atoms with Gasteiger partial charge in [0.1, 0.15) is 17.7 Å². The lowest BCUT2D eigenvalue weighted by Crippen LogP contribution is -2.59. The molecule has 0 spiro atoms. The van der Waals surface area contributed by atoms with E-state index in [1.54, 1.807) is 46.2 Å². The SMILES string of the molecule is CC[C@]1(C(=O)O)/C=C\CCCC[C@H](NC(=O)OC(C)(C)C)C(=O)N2C[C@H](n3nnc(-c4cncc(-c5ccccc5)c4)n3)C[C@H]2C(=O)N1. The Hall–Kier alpha value is -5.14. The molecule has 2 aliphatic heterocycles. The monoisotopic (exact) mass is 658 g/mol. The summed E-state index contributed by atoms with van der Waals surface area (Å²) in [4.78, 5) is 60.5. The van der Waals surface area contributed by atoms with E-state index in [1.807, 2.05) is 36.4 Å². The smallest absolute Gasteiger partial charge is 0.408 e. The third-order valence-corrected chi connectivity index (χ3v) is 8.51. The van der Waals surface area contributed by atoms with E-state index in [9.17, 15) is 24.3 Å². The number of fused-ring (bicyclic) bond motifs is 1. The highest BCUT2D eigenvalue weighted by atomic mass is 16.6. The fourth-order valence-electron chi connectivity index (χ4n) is 5.95. The largest absolute Gasteiger partial charge is 0.479 e. The van der Waals surface area contributed by atoms with E-state index in [-0.39, 0.29) is 19.4 Å². The van der Waals surface area contributed by atoms with Gasteiger partial charge in [-0.15, -0.1) is 10.2 Å². The minimum Gasteiger partial charge on any atom is -0.479 e. The van der Waals surface area contributed by atoms with Crippen molar-refractivity contribution >= 4 is 23.9 Å². The highest BCUT2D eigenvalue weighted by molar-refractivity contribution is 5.95. The number of nitrogens with zero attached hydrogens (tertiary/aromatic N) is 6. The number of carboxylic acids is 1. The van der Waals surface area contributed by atoms with Crippen molar-refractivity contribution in [2.75, 3.05) is 6.54 Å². The van der Waals surface area contributed by atoms with Gasteiger partial charge in [-0.05, 0) is 63.3 Å². The Bertz CT molecular complexity index is 1670. The van der Waals surface area contributed by atoms with Crippen LogP contribution in [0.3, 0.4) is 0 Å². The lowest BCUT2D eigenvalue weighted by Gasteiger charge is -2.32. The third kappa shape index (κ3) is 7.86. The number of aliphatic carboxylic acids is 1. The summed E-state index contributed by atoms with van der Waals surface area (Å²) in [5.74, 6) is -1.99. The summed E-state index contributed by atoms with van der Waals surface area (Å²) in [6.45, 7) is 6.90. The number of alkyl carbamates (subject to hydrolysis) is 1. The number of pyridine rings is 1. The number of carbonyl (C=O) groups excluding carboxylic acids is 3. The first kappa shape index (κ1) is 34.2. The summed E-state index contributed by atoms with van der Waals surface area (Å²) in [6, 6.07) is 9.06. The molecule has 254 valence electrons. The van der Waals surface area contributed by atoms with Crippen molar-refractivity contribution in [2.24, 2.45) is 0 Å². The fraction of sp³-hybridized carbons (Fsp3) is 0.471. The number of allylic oxidation sites excluding steroid dienone is 1. The van der Waals surface area contributed by atoms with Crippen molar-refractivity contribution in [3.8, 4) is 22.5 Å². The van der Waals surface area contributed by atoms with E-state index in [4.69, 9.17) is 4.74 Å². The molecule has 3 aromatic rings. The van der Waals surface area contributed by atoms with E-state index in [1.165, 1.54) is 15.8 Å². The summed E-state index contributed by atoms with van der Waals surface area (Å²) in [6.07, 6.45) is 8.14. The van der Waals surface area contributed by atoms with E-state index in [0.29, 0.717) is 37.1 Å². The standard InChI is InChI=1S/C34H42N8O6/c1-5-34(31(45)46)16-12-7-6-11-15-26(36-32(47)48-33(2,3)4)30(44)41-21-25(18-27(41)29(43)37-34)42-39-28(38-40-42)24-17-23(19-35-20-24)22-13-9-8-10-14-22/h8-10,12-14,16-17,19-20,25-27H,5-7,11,15,18,21H2,1-4H3,(H,36,47)(H,37,43)(H,45,46)/b16-12-/t25-,26+,27+,34-/m1/s1. The Morgan fingerprint density at radius 2 is 1.85 bits per heavy atom. The zero-order chi connectivity index (χ0) is 34.5. The Labute approximate surface area is 278 Å². The van der Waals surface area contributed by atoms with Crippen molar-refractivity contribution in [2.45, 2.75) is 95.5 Å².